The highest BCUT2D eigenvalue weighted by Crippen LogP contribution is 2.34. The average Bonchev–Trinajstić information content (AvgIpc) is 3.35. The van der Waals surface area contributed by atoms with Crippen LogP contribution in [0.1, 0.15) is 30.3 Å². The molecular formula is C16H18FN7. The molecule has 0 amide bonds. The van der Waals surface area contributed by atoms with Gasteiger partial charge in [0.1, 0.15) is 5.82 Å². The van der Waals surface area contributed by atoms with Gasteiger partial charge in [0.05, 0.1) is 29.9 Å². The number of benzene rings is 1. The Morgan fingerprint density at radius 3 is 2.67 bits per heavy atom. The van der Waals surface area contributed by atoms with Gasteiger partial charge in [0.25, 0.3) is 0 Å². The van der Waals surface area contributed by atoms with E-state index in [1.807, 2.05) is 15.7 Å². The number of anilines is 1. The summed E-state index contributed by atoms with van der Waals surface area (Å²) < 4.78 is 16.1. The van der Waals surface area contributed by atoms with Crippen LogP contribution < -0.4 is 4.90 Å². The first-order valence-corrected chi connectivity index (χ1v) is 8.18. The van der Waals surface area contributed by atoms with Crippen LogP contribution in [0.4, 0.5) is 10.1 Å². The third-order valence-electron chi connectivity index (χ3n) is 4.61. The van der Waals surface area contributed by atoms with Crippen LogP contribution in [0, 0.1) is 17.1 Å². The Balaban J connectivity index is 1.38. The molecule has 4 rings (SSSR count). The minimum absolute atomic E-state index is 0.333. The molecule has 0 spiro atoms. The molecule has 1 aliphatic heterocycles. The van der Waals surface area contributed by atoms with Gasteiger partial charge in [-0.25, -0.2) is 9.07 Å². The molecule has 124 valence electrons. The first-order chi connectivity index (χ1) is 11.7. The highest BCUT2D eigenvalue weighted by atomic mass is 19.1. The molecule has 7 nitrogen and oxygen atoms in total. The van der Waals surface area contributed by atoms with Crippen molar-refractivity contribution in [2.24, 2.45) is 0 Å². The van der Waals surface area contributed by atoms with Gasteiger partial charge in [0.2, 0.25) is 0 Å². The summed E-state index contributed by atoms with van der Waals surface area (Å²) in [7, 11) is 0. The molecule has 0 atom stereocenters. The molecule has 1 aliphatic carbocycles. The quantitative estimate of drug-likeness (QED) is 0.844. The Bertz CT molecular complexity index is 769. The van der Waals surface area contributed by atoms with Gasteiger partial charge in [-0.1, -0.05) is 0 Å². The van der Waals surface area contributed by atoms with E-state index in [9.17, 15) is 4.39 Å². The van der Waals surface area contributed by atoms with Crippen LogP contribution in [0.15, 0.2) is 18.2 Å². The molecular weight excluding hydrogens is 309 g/mol. The number of tetrazole rings is 1. The maximum absolute atomic E-state index is 14.1. The van der Waals surface area contributed by atoms with E-state index in [4.69, 9.17) is 5.26 Å². The normalized spacial score (nSPS) is 18.6. The molecule has 1 saturated carbocycles. The van der Waals surface area contributed by atoms with Gasteiger partial charge >= 0.3 is 0 Å². The molecule has 0 unspecified atom stereocenters. The Hall–Kier alpha value is -2.53. The predicted molar refractivity (Wildman–Crippen MR) is 84.7 cm³/mol. The van der Waals surface area contributed by atoms with Crippen molar-refractivity contribution in [2.75, 3.05) is 31.1 Å². The number of piperazine rings is 1. The Kier molecular flexibility index (Phi) is 3.86. The third kappa shape index (κ3) is 2.95. The Morgan fingerprint density at radius 2 is 2.00 bits per heavy atom. The molecule has 0 N–H and O–H groups in total. The van der Waals surface area contributed by atoms with Gasteiger partial charge in [0, 0.05) is 26.2 Å². The smallest absolute Gasteiger partial charge is 0.165 e. The van der Waals surface area contributed by atoms with E-state index in [-0.39, 0.29) is 5.82 Å². The van der Waals surface area contributed by atoms with Crippen LogP contribution in [-0.2, 0) is 6.54 Å². The van der Waals surface area contributed by atoms with Crippen LogP contribution in [0.5, 0.6) is 0 Å². The van der Waals surface area contributed by atoms with Crippen LogP contribution in [0.3, 0.4) is 0 Å². The molecule has 1 saturated heterocycles. The zero-order valence-corrected chi connectivity index (χ0v) is 13.3. The Labute approximate surface area is 139 Å². The van der Waals surface area contributed by atoms with Crippen molar-refractivity contribution in [2.45, 2.75) is 25.4 Å². The summed E-state index contributed by atoms with van der Waals surface area (Å²) in [6, 6.07) is 7.09. The lowest BCUT2D eigenvalue weighted by Crippen LogP contribution is -2.46. The lowest BCUT2D eigenvalue weighted by atomic mass is 10.2. The summed E-state index contributed by atoms with van der Waals surface area (Å²) >= 11 is 0. The highest BCUT2D eigenvalue weighted by molar-refractivity contribution is 5.51. The second kappa shape index (κ2) is 6.17. The van der Waals surface area contributed by atoms with Gasteiger partial charge in [-0.05, 0) is 41.5 Å². The summed E-state index contributed by atoms with van der Waals surface area (Å²) in [5, 5.41) is 20.8. The number of rotatable bonds is 4. The number of nitriles is 1. The first kappa shape index (κ1) is 15.0. The molecule has 2 fully saturated rings. The number of halogens is 1. The van der Waals surface area contributed by atoms with E-state index >= 15 is 0 Å². The molecule has 1 aromatic carbocycles. The fourth-order valence-electron chi connectivity index (χ4n) is 3.10. The maximum atomic E-state index is 14.1. The van der Waals surface area contributed by atoms with Gasteiger partial charge in [-0.15, -0.1) is 5.10 Å². The van der Waals surface area contributed by atoms with Crippen molar-refractivity contribution in [1.82, 2.24) is 25.1 Å². The molecule has 1 aromatic heterocycles. The van der Waals surface area contributed by atoms with Gasteiger partial charge in [-0.2, -0.15) is 5.26 Å². The van der Waals surface area contributed by atoms with Crippen LogP contribution >= 0.6 is 0 Å². The van der Waals surface area contributed by atoms with Crippen molar-refractivity contribution < 1.29 is 4.39 Å². The standard InChI is InChI=1S/C16H18FN7/c17-14-9-12(10-18)1-4-15(14)23-7-5-22(6-8-23)11-16-19-20-21-24(16)13-2-3-13/h1,4,9,13H,2-3,5-8,11H2. The van der Waals surface area contributed by atoms with E-state index in [1.165, 1.54) is 6.07 Å². The lowest BCUT2D eigenvalue weighted by Gasteiger charge is -2.35. The summed E-state index contributed by atoms with van der Waals surface area (Å²) in [4.78, 5) is 4.32. The summed E-state index contributed by atoms with van der Waals surface area (Å²) in [6.07, 6.45) is 2.31. The molecule has 2 aliphatic rings. The second-order valence-corrected chi connectivity index (χ2v) is 6.31. The minimum atomic E-state index is -0.333. The zero-order valence-electron chi connectivity index (χ0n) is 13.3. The van der Waals surface area contributed by atoms with Crippen molar-refractivity contribution in [3.05, 3.63) is 35.4 Å². The van der Waals surface area contributed by atoms with Gasteiger partial charge in [0.15, 0.2) is 5.82 Å². The summed E-state index contributed by atoms with van der Waals surface area (Å²) in [6.45, 7) is 3.88. The zero-order chi connectivity index (χ0) is 16.5. The highest BCUT2D eigenvalue weighted by Gasteiger charge is 2.29. The minimum Gasteiger partial charge on any atom is -0.367 e. The van der Waals surface area contributed by atoms with E-state index in [0.29, 0.717) is 17.3 Å². The predicted octanol–water partition coefficient (Wildman–Crippen LogP) is 1.34. The molecule has 8 heteroatoms. The third-order valence-corrected chi connectivity index (χ3v) is 4.61. The number of aromatic nitrogens is 4. The van der Waals surface area contributed by atoms with E-state index in [2.05, 4.69) is 20.4 Å². The summed E-state index contributed by atoms with van der Waals surface area (Å²) in [5.74, 6) is 0.579. The average molecular weight is 327 g/mol. The van der Waals surface area contributed by atoms with E-state index in [0.717, 1.165) is 51.4 Å². The topological polar surface area (TPSA) is 73.9 Å². The number of hydrogen-bond acceptors (Lipinski definition) is 6. The fraction of sp³-hybridized carbons (Fsp3) is 0.500. The van der Waals surface area contributed by atoms with Crippen LogP contribution in [0.25, 0.3) is 0 Å². The van der Waals surface area contributed by atoms with Gasteiger partial charge < -0.3 is 4.90 Å². The molecule has 0 radical (unpaired) electrons. The SMILES string of the molecule is N#Cc1ccc(N2CCN(Cc3nnnn3C3CC3)CC2)c(F)c1. The summed E-state index contributed by atoms with van der Waals surface area (Å²) in [5.41, 5.74) is 0.915. The first-order valence-electron chi connectivity index (χ1n) is 8.18. The fourth-order valence-corrected chi connectivity index (χ4v) is 3.10. The maximum Gasteiger partial charge on any atom is 0.165 e. The molecule has 0 bridgehead atoms. The molecule has 2 heterocycles. The van der Waals surface area contributed by atoms with Gasteiger partial charge in [-0.3, -0.25) is 4.90 Å². The monoisotopic (exact) mass is 327 g/mol. The molecule has 24 heavy (non-hydrogen) atoms. The van der Waals surface area contributed by atoms with Crippen molar-refractivity contribution in [1.29, 1.82) is 5.26 Å². The second-order valence-electron chi connectivity index (χ2n) is 6.31. The van der Waals surface area contributed by atoms with Crippen LogP contribution in [0.2, 0.25) is 0 Å². The van der Waals surface area contributed by atoms with Crippen LogP contribution in [-0.4, -0.2) is 51.3 Å². The van der Waals surface area contributed by atoms with Crippen molar-refractivity contribution in [3.8, 4) is 6.07 Å². The Morgan fingerprint density at radius 1 is 1.21 bits per heavy atom. The number of hydrogen-bond donors (Lipinski definition) is 0. The van der Waals surface area contributed by atoms with Crippen molar-refractivity contribution >= 4 is 5.69 Å². The van der Waals surface area contributed by atoms with Crippen molar-refractivity contribution in [3.63, 3.8) is 0 Å². The van der Waals surface area contributed by atoms with E-state index < -0.39 is 0 Å². The number of nitrogens with zero attached hydrogens (tertiary/aromatic N) is 7. The lowest BCUT2D eigenvalue weighted by molar-refractivity contribution is 0.238. The largest absolute Gasteiger partial charge is 0.367 e. The molecule has 2 aromatic rings. The van der Waals surface area contributed by atoms with E-state index in [1.54, 1.807) is 12.1 Å².